The maximum absolute atomic E-state index is 10.5. The molecule has 1 unspecified atom stereocenters. The molecule has 0 fully saturated rings. The van der Waals surface area contributed by atoms with Gasteiger partial charge < -0.3 is 20.0 Å². The van der Waals surface area contributed by atoms with Crippen LogP contribution in [0.25, 0.3) is 0 Å². The van der Waals surface area contributed by atoms with E-state index in [0.717, 1.165) is 6.92 Å². The van der Waals surface area contributed by atoms with Gasteiger partial charge in [0, 0.05) is 6.42 Å². The fourth-order valence-electron chi connectivity index (χ4n) is 0.489. The highest BCUT2D eigenvalue weighted by molar-refractivity contribution is 7.53. The summed E-state index contributed by atoms with van der Waals surface area (Å²) in [6, 6.07) is 0. The molecule has 4 N–H and O–H groups in total. The van der Waals surface area contributed by atoms with E-state index in [4.69, 9.17) is 20.0 Å². The van der Waals surface area contributed by atoms with Crippen molar-refractivity contribution in [3.8, 4) is 0 Å². The third-order valence-electron chi connectivity index (χ3n) is 1.44. The van der Waals surface area contributed by atoms with Crippen LogP contribution < -0.4 is 0 Å². The zero-order chi connectivity index (χ0) is 9.99. The molecule has 0 bridgehead atoms. The predicted octanol–water partition coefficient (Wildman–Crippen LogP) is -0.263. The monoisotopic (exact) mass is 198 g/mol. The summed E-state index contributed by atoms with van der Waals surface area (Å²) < 4.78 is 10.5. The first-order valence-electron chi connectivity index (χ1n) is 3.16. The summed E-state index contributed by atoms with van der Waals surface area (Å²) >= 11 is 0. The molecule has 0 radical (unpaired) electrons. The van der Waals surface area contributed by atoms with Crippen molar-refractivity contribution in [3.63, 3.8) is 0 Å². The lowest BCUT2D eigenvalue weighted by Gasteiger charge is -2.23. The van der Waals surface area contributed by atoms with E-state index in [1.807, 2.05) is 0 Å². The van der Waals surface area contributed by atoms with E-state index in [-0.39, 0.29) is 0 Å². The number of carboxylic acids is 1. The maximum Gasteiger partial charge on any atom is 0.356 e. The van der Waals surface area contributed by atoms with Gasteiger partial charge in [0.25, 0.3) is 0 Å². The van der Waals surface area contributed by atoms with Gasteiger partial charge in [0.2, 0.25) is 0 Å². The van der Waals surface area contributed by atoms with E-state index in [9.17, 15) is 9.36 Å². The fourth-order valence-corrected chi connectivity index (χ4v) is 0.892. The second-order valence-electron chi connectivity index (χ2n) is 2.65. The maximum atomic E-state index is 10.5. The van der Waals surface area contributed by atoms with Crippen molar-refractivity contribution in [2.75, 3.05) is 0 Å². The van der Waals surface area contributed by atoms with Gasteiger partial charge in [-0.15, -0.1) is 0 Å². The van der Waals surface area contributed by atoms with Gasteiger partial charge in [-0.3, -0.25) is 9.36 Å². The average molecular weight is 198 g/mol. The van der Waals surface area contributed by atoms with Crippen LogP contribution in [0.5, 0.6) is 0 Å². The normalized spacial score (nSPS) is 17.0. The van der Waals surface area contributed by atoms with Crippen LogP contribution in [0.3, 0.4) is 0 Å². The molecule has 0 spiro atoms. The molecular formula is C5H11O6P. The van der Waals surface area contributed by atoms with Crippen molar-refractivity contribution in [2.45, 2.75) is 25.1 Å². The van der Waals surface area contributed by atoms with Crippen LogP contribution in [0.1, 0.15) is 19.8 Å². The van der Waals surface area contributed by atoms with Gasteiger partial charge in [0.1, 0.15) is 0 Å². The first-order chi connectivity index (χ1) is 5.17. The minimum Gasteiger partial charge on any atom is -0.481 e. The molecule has 0 aliphatic carbocycles. The van der Waals surface area contributed by atoms with Crippen molar-refractivity contribution < 1.29 is 29.4 Å². The van der Waals surface area contributed by atoms with Gasteiger partial charge in [-0.2, -0.15) is 0 Å². The lowest BCUT2D eigenvalue weighted by molar-refractivity contribution is -0.137. The van der Waals surface area contributed by atoms with Gasteiger partial charge in [-0.05, 0) is 13.3 Å². The molecule has 7 heteroatoms. The van der Waals surface area contributed by atoms with E-state index in [0.29, 0.717) is 0 Å². The number of hydrogen-bond donors (Lipinski definition) is 4. The van der Waals surface area contributed by atoms with Crippen LogP contribution in [0, 0.1) is 0 Å². The quantitative estimate of drug-likeness (QED) is 0.462. The summed E-state index contributed by atoms with van der Waals surface area (Å²) in [7, 11) is -4.63. The molecule has 0 rings (SSSR count). The average Bonchev–Trinajstić information content (AvgIpc) is 1.81. The summed E-state index contributed by atoms with van der Waals surface area (Å²) in [6.45, 7) is 0.913. The topological polar surface area (TPSA) is 115 Å². The minimum atomic E-state index is -4.63. The number of aliphatic carboxylic acids is 1. The van der Waals surface area contributed by atoms with E-state index in [2.05, 4.69) is 0 Å². The van der Waals surface area contributed by atoms with Gasteiger partial charge in [0.15, 0.2) is 5.34 Å². The molecule has 12 heavy (non-hydrogen) atoms. The second kappa shape index (κ2) is 3.53. The Hall–Kier alpha value is -0.420. The Morgan fingerprint density at radius 1 is 1.50 bits per heavy atom. The standard InChI is InChI=1S/C5H11O6P/c1-5(8,12(9,10)11)3-2-4(6)7/h8H,2-3H2,1H3,(H,6,7)(H2,9,10,11). The van der Waals surface area contributed by atoms with Crippen molar-refractivity contribution in [3.05, 3.63) is 0 Å². The summed E-state index contributed by atoms with van der Waals surface area (Å²) in [5.41, 5.74) is 0. The molecule has 0 saturated carbocycles. The Morgan fingerprint density at radius 2 is 1.92 bits per heavy atom. The smallest absolute Gasteiger partial charge is 0.356 e. The highest BCUT2D eigenvalue weighted by Crippen LogP contribution is 2.50. The molecule has 0 saturated heterocycles. The highest BCUT2D eigenvalue weighted by atomic mass is 31.2. The summed E-state index contributed by atoms with van der Waals surface area (Å²) in [4.78, 5) is 27.1. The molecule has 1 atom stereocenters. The van der Waals surface area contributed by atoms with E-state index >= 15 is 0 Å². The van der Waals surface area contributed by atoms with Crippen molar-refractivity contribution in [1.82, 2.24) is 0 Å². The predicted molar refractivity (Wildman–Crippen MR) is 39.5 cm³/mol. The van der Waals surface area contributed by atoms with Crippen molar-refractivity contribution in [1.29, 1.82) is 0 Å². The molecule has 0 heterocycles. The van der Waals surface area contributed by atoms with Gasteiger partial charge in [-0.25, -0.2) is 0 Å². The SMILES string of the molecule is CC(O)(CCC(=O)O)P(=O)(O)O. The molecule has 72 valence electrons. The third-order valence-corrected chi connectivity index (χ3v) is 2.92. The lowest BCUT2D eigenvalue weighted by Crippen LogP contribution is -2.24. The van der Waals surface area contributed by atoms with Crippen LogP contribution >= 0.6 is 7.60 Å². The Bertz CT molecular complexity index is 216. The van der Waals surface area contributed by atoms with Crippen molar-refractivity contribution in [2.24, 2.45) is 0 Å². The number of hydrogen-bond acceptors (Lipinski definition) is 3. The molecule has 0 aromatic carbocycles. The summed E-state index contributed by atoms with van der Waals surface area (Å²) in [5.74, 6) is -1.20. The zero-order valence-corrected chi connectivity index (χ0v) is 7.36. The van der Waals surface area contributed by atoms with Crippen molar-refractivity contribution >= 4 is 13.6 Å². The van der Waals surface area contributed by atoms with E-state index in [1.165, 1.54) is 0 Å². The summed E-state index contributed by atoms with van der Waals surface area (Å²) in [6.07, 6.45) is -0.940. The molecule has 0 aromatic rings. The Morgan fingerprint density at radius 3 is 2.17 bits per heavy atom. The van der Waals surface area contributed by atoms with Crippen LogP contribution in [0.4, 0.5) is 0 Å². The van der Waals surface area contributed by atoms with Crippen LogP contribution in [-0.2, 0) is 9.36 Å². The lowest BCUT2D eigenvalue weighted by atomic mass is 10.2. The summed E-state index contributed by atoms with van der Waals surface area (Å²) in [5, 5.41) is 15.0. The van der Waals surface area contributed by atoms with Gasteiger partial charge in [0.05, 0.1) is 0 Å². The van der Waals surface area contributed by atoms with Crippen LogP contribution in [0.15, 0.2) is 0 Å². The second-order valence-corrected chi connectivity index (χ2v) is 4.71. The van der Waals surface area contributed by atoms with E-state index in [1.54, 1.807) is 0 Å². The van der Waals surface area contributed by atoms with Gasteiger partial charge in [-0.1, -0.05) is 0 Å². The molecular weight excluding hydrogens is 187 g/mol. The van der Waals surface area contributed by atoms with Crippen LogP contribution in [-0.4, -0.2) is 31.3 Å². The Kier molecular flexibility index (Phi) is 3.41. The fraction of sp³-hybridized carbons (Fsp3) is 0.800. The van der Waals surface area contributed by atoms with Gasteiger partial charge >= 0.3 is 13.6 Å². The number of rotatable bonds is 4. The zero-order valence-electron chi connectivity index (χ0n) is 6.47. The number of carbonyl (C=O) groups is 1. The number of carboxylic acid groups (broad SMARTS) is 1. The minimum absolute atomic E-state index is 0.466. The first kappa shape index (κ1) is 11.6. The Labute approximate surface area is 69.0 Å². The van der Waals surface area contributed by atoms with E-state index < -0.39 is 31.7 Å². The molecule has 0 aliphatic rings. The molecule has 0 aliphatic heterocycles. The third kappa shape index (κ3) is 3.32. The number of aliphatic hydroxyl groups is 1. The molecule has 0 aromatic heterocycles. The first-order valence-corrected chi connectivity index (χ1v) is 4.78. The van der Waals surface area contributed by atoms with Crippen LogP contribution in [0.2, 0.25) is 0 Å². The molecule has 6 nitrogen and oxygen atoms in total. The Balaban J connectivity index is 4.24. The largest absolute Gasteiger partial charge is 0.481 e. The highest BCUT2D eigenvalue weighted by Gasteiger charge is 2.40. The molecule has 0 amide bonds.